The first-order valence-corrected chi connectivity index (χ1v) is 5.01. The summed E-state index contributed by atoms with van der Waals surface area (Å²) >= 11 is 1.29. The van der Waals surface area contributed by atoms with E-state index in [1.165, 1.54) is 22.6 Å². The minimum absolute atomic E-state index is 0.346. The summed E-state index contributed by atoms with van der Waals surface area (Å²) in [5.74, 6) is -1.66. The van der Waals surface area contributed by atoms with Crippen molar-refractivity contribution in [1.82, 2.24) is 4.98 Å². The number of pyridine rings is 1. The SMILES string of the molecule is O=C(O)c1nc(C(F)F)c(C(F)(F)F)cc1I. The average molecular weight is 367 g/mol. The Morgan fingerprint density at radius 1 is 1.41 bits per heavy atom. The maximum Gasteiger partial charge on any atom is 0.418 e. The van der Waals surface area contributed by atoms with E-state index in [4.69, 9.17) is 5.11 Å². The standard InChI is InChI=1S/C8H3F5INO2/c9-6(10)4-2(8(11,12)13)1-3(14)5(15-4)7(16)17/h1,6H,(H,16,17). The molecule has 0 saturated heterocycles. The van der Waals surface area contributed by atoms with E-state index in [9.17, 15) is 26.7 Å². The zero-order chi connectivity index (χ0) is 13.4. The average Bonchev–Trinajstić information content (AvgIpc) is 2.14. The molecule has 0 fully saturated rings. The molecule has 1 aromatic rings. The van der Waals surface area contributed by atoms with Crippen LogP contribution in [0, 0.1) is 3.57 Å². The lowest BCUT2D eigenvalue weighted by atomic mass is 10.1. The van der Waals surface area contributed by atoms with Gasteiger partial charge in [-0.1, -0.05) is 0 Å². The van der Waals surface area contributed by atoms with Gasteiger partial charge in [-0.25, -0.2) is 18.6 Å². The van der Waals surface area contributed by atoms with Gasteiger partial charge in [-0.15, -0.1) is 0 Å². The van der Waals surface area contributed by atoms with E-state index >= 15 is 0 Å². The van der Waals surface area contributed by atoms with Gasteiger partial charge in [0.25, 0.3) is 6.43 Å². The summed E-state index contributed by atoms with van der Waals surface area (Å²) in [4.78, 5) is 13.4. The largest absolute Gasteiger partial charge is 0.476 e. The molecule has 1 rings (SSSR count). The fraction of sp³-hybridized carbons (Fsp3) is 0.250. The number of aromatic nitrogens is 1. The number of hydrogen-bond acceptors (Lipinski definition) is 2. The van der Waals surface area contributed by atoms with Crippen LogP contribution in [-0.2, 0) is 6.18 Å². The molecule has 1 aromatic heterocycles. The van der Waals surface area contributed by atoms with Crippen molar-refractivity contribution in [2.75, 3.05) is 0 Å². The third-order valence-electron chi connectivity index (χ3n) is 1.72. The number of halogens is 6. The fourth-order valence-corrected chi connectivity index (χ4v) is 1.71. The zero-order valence-corrected chi connectivity index (χ0v) is 9.88. The monoisotopic (exact) mass is 367 g/mol. The number of rotatable bonds is 2. The van der Waals surface area contributed by atoms with Crippen LogP contribution in [-0.4, -0.2) is 16.1 Å². The Morgan fingerprint density at radius 2 is 1.94 bits per heavy atom. The lowest BCUT2D eigenvalue weighted by Crippen LogP contribution is -2.15. The van der Waals surface area contributed by atoms with E-state index in [0.717, 1.165) is 0 Å². The molecule has 3 nitrogen and oxygen atoms in total. The maximum atomic E-state index is 12.4. The molecule has 0 aliphatic rings. The normalized spacial score (nSPS) is 11.9. The van der Waals surface area contributed by atoms with E-state index in [2.05, 4.69) is 4.98 Å². The second-order valence-corrected chi connectivity index (χ2v) is 4.02. The summed E-state index contributed by atoms with van der Waals surface area (Å²) < 4.78 is 61.6. The van der Waals surface area contributed by atoms with Crippen molar-refractivity contribution in [3.05, 3.63) is 26.6 Å². The number of aromatic carboxylic acids is 1. The summed E-state index contributed by atoms with van der Waals surface area (Å²) in [6.07, 6.45) is -8.50. The molecule has 0 aliphatic heterocycles. The van der Waals surface area contributed by atoms with Crippen LogP contribution < -0.4 is 0 Å². The summed E-state index contributed by atoms with van der Waals surface area (Å²) in [6.45, 7) is 0. The van der Waals surface area contributed by atoms with Crippen molar-refractivity contribution in [3.63, 3.8) is 0 Å². The Morgan fingerprint density at radius 3 is 2.29 bits per heavy atom. The first-order valence-electron chi connectivity index (χ1n) is 3.93. The van der Waals surface area contributed by atoms with E-state index in [0.29, 0.717) is 6.07 Å². The Labute approximate surface area is 105 Å². The minimum Gasteiger partial charge on any atom is -0.476 e. The van der Waals surface area contributed by atoms with Gasteiger partial charge in [0.2, 0.25) is 0 Å². The van der Waals surface area contributed by atoms with Gasteiger partial charge in [-0.3, -0.25) is 0 Å². The predicted octanol–water partition coefficient (Wildman–Crippen LogP) is 3.34. The molecule has 94 valence electrons. The Balaban J connectivity index is 3.53. The molecule has 0 aromatic carbocycles. The summed E-state index contributed by atoms with van der Waals surface area (Å²) in [7, 11) is 0. The third-order valence-corrected chi connectivity index (χ3v) is 2.54. The number of hydrogen-bond donors (Lipinski definition) is 1. The number of carboxylic acid groups (broad SMARTS) is 1. The molecule has 0 spiro atoms. The van der Waals surface area contributed by atoms with Crippen molar-refractivity contribution in [2.45, 2.75) is 12.6 Å². The highest BCUT2D eigenvalue weighted by molar-refractivity contribution is 14.1. The van der Waals surface area contributed by atoms with Crippen molar-refractivity contribution in [3.8, 4) is 0 Å². The molecular formula is C8H3F5INO2. The summed E-state index contributed by atoms with van der Waals surface area (Å²) in [5, 5.41) is 8.57. The van der Waals surface area contributed by atoms with E-state index in [-0.39, 0.29) is 3.57 Å². The second-order valence-electron chi connectivity index (χ2n) is 2.86. The smallest absolute Gasteiger partial charge is 0.418 e. The van der Waals surface area contributed by atoms with Crippen molar-refractivity contribution >= 4 is 28.6 Å². The number of carboxylic acids is 1. The first kappa shape index (κ1) is 14.1. The third kappa shape index (κ3) is 3.01. The number of carbonyl (C=O) groups is 1. The maximum absolute atomic E-state index is 12.4. The zero-order valence-electron chi connectivity index (χ0n) is 7.73. The topological polar surface area (TPSA) is 50.2 Å². The molecule has 0 aliphatic carbocycles. The Hall–Kier alpha value is -1.00. The lowest BCUT2D eigenvalue weighted by molar-refractivity contribution is -0.140. The summed E-state index contributed by atoms with van der Waals surface area (Å²) in [6, 6.07) is 0.346. The highest BCUT2D eigenvalue weighted by atomic mass is 127. The first-order chi connectivity index (χ1) is 7.64. The van der Waals surface area contributed by atoms with E-state index in [1.807, 2.05) is 0 Å². The molecule has 9 heteroatoms. The number of alkyl halides is 5. The van der Waals surface area contributed by atoms with Crippen LogP contribution in [0.3, 0.4) is 0 Å². The molecule has 0 amide bonds. The second kappa shape index (κ2) is 4.70. The molecule has 0 bridgehead atoms. The molecule has 0 unspecified atom stereocenters. The van der Waals surface area contributed by atoms with Gasteiger partial charge in [-0.05, 0) is 28.7 Å². The van der Waals surface area contributed by atoms with Crippen LogP contribution in [0.5, 0.6) is 0 Å². The quantitative estimate of drug-likeness (QED) is 0.645. The number of nitrogens with zero attached hydrogens (tertiary/aromatic N) is 1. The van der Waals surface area contributed by atoms with E-state index in [1.54, 1.807) is 0 Å². The van der Waals surface area contributed by atoms with Gasteiger partial charge in [0.15, 0.2) is 5.69 Å². The predicted molar refractivity (Wildman–Crippen MR) is 53.9 cm³/mol. The van der Waals surface area contributed by atoms with Crippen LogP contribution in [0.25, 0.3) is 0 Å². The van der Waals surface area contributed by atoms with Gasteiger partial charge in [-0.2, -0.15) is 13.2 Å². The Bertz CT molecular complexity index is 460. The molecule has 17 heavy (non-hydrogen) atoms. The molecule has 0 saturated carbocycles. The highest BCUT2D eigenvalue weighted by Gasteiger charge is 2.38. The van der Waals surface area contributed by atoms with Crippen LogP contribution in [0.2, 0.25) is 0 Å². The van der Waals surface area contributed by atoms with Gasteiger partial charge in [0, 0.05) is 3.57 Å². The summed E-state index contributed by atoms with van der Waals surface area (Å²) in [5.41, 5.74) is -4.02. The van der Waals surface area contributed by atoms with Crippen LogP contribution >= 0.6 is 22.6 Å². The molecule has 1 heterocycles. The van der Waals surface area contributed by atoms with Crippen molar-refractivity contribution in [2.24, 2.45) is 0 Å². The molecule has 1 N–H and O–H groups in total. The fourth-order valence-electron chi connectivity index (χ4n) is 1.05. The Kier molecular flexibility index (Phi) is 3.89. The molecule has 0 atom stereocenters. The lowest BCUT2D eigenvalue weighted by Gasteiger charge is -2.13. The van der Waals surface area contributed by atoms with Gasteiger partial charge < -0.3 is 5.11 Å². The van der Waals surface area contributed by atoms with E-state index < -0.39 is 35.5 Å². The van der Waals surface area contributed by atoms with Crippen LogP contribution in [0.1, 0.15) is 28.2 Å². The highest BCUT2D eigenvalue weighted by Crippen LogP contribution is 2.36. The van der Waals surface area contributed by atoms with Crippen LogP contribution in [0.4, 0.5) is 22.0 Å². The van der Waals surface area contributed by atoms with Crippen molar-refractivity contribution < 1.29 is 31.9 Å². The molecule has 0 radical (unpaired) electrons. The molecular weight excluding hydrogens is 364 g/mol. The minimum atomic E-state index is -5.00. The van der Waals surface area contributed by atoms with Gasteiger partial charge >= 0.3 is 12.1 Å². The van der Waals surface area contributed by atoms with Gasteiger partial charge in [0.1, 0.15) is 5.69 Å². The van der Waals surface area contributed by atoms with Crippen LogP contribution in [0.15, 0.2) is 6.07 Å². The van der Waals surface area contributed by atoms with Crippen molar-refractivity contribution in [1.29, 1.82) is 0 Å². The van der Waals surface area contributed by atoms with Gasteiger partial charge in [0.05, 0.1) is 5.56 Å².